The number of amides is 1. The van der Waals surface area contributed by atoms with Crippen molar-refractivity contribution < 1.29 is 23.4 Å². The predicted octanol–water partition coefficient (Wildman–Crippen LogP) is 0.251. The van der Waals surface area contributed by atoms with E-state index in [2.05, 4.69) is 0 Å². The molecular formula is C9H15F2NO3. The van der Waals surface area contributed by atoms with Gasteiger partial charge in [0.2, 0.25) is 0 Å². The first-order chi connectivity index (χ1) is 6.94. The van der Waals surface area contributed by atoms with E-state index in [1.165, 1.54) is 7.05 Å². The molecule has 0 aromatic heterocycles. The number of likely N-dealkylation sites (N-methyl/N-ethyl adjacent to an activating group) is 1. The zero-order chi connectivity index (χ0) is 11.5. The number of carbonyl (C=O) groups excluding carboxylic acids is 1. The number of aliphatic hydroxyl groups is 1. The Balaban J connectivity index is 2.48. The van der Waals surface area contributed by atoms with E-state index in [0.29, 0.717) is 26.1 Å². The van der Waals surface area contributed by atoms with E-state index >= 15 is 0 Å². The summed E-state index contributed by atoms with van der Waals surface area (Å²) in [6.45, 7) is 0.722. The fourth-order valence-corrected chi connectivity index (χ4v) is 1.60. The lowest BCUT2D eigenvalue weighted by atomic mass is 9.94. The third-order valence-electron chi connectivity index (χ3n) is 2.52. The molecular weight excluding hydrogens is 208 g/mol. The first-order valence-electron chi connectivity index (χ1n) is 4.78. The van der Waals surface area contributed by atoms with Crippen LogP contribution in [-0.2, 0) is 9.53 Å². The zero-order valence-electron chi connectivity index (χ0n) is 8.58. The second-order valence-electron chi connectivity index (χ2n) is 3.83. The van der Waals surface area contributed by atoms with Crippen LogP contribution in [0.2, 0.25) is 0 Å². The van der Waals surface area contributed by atoms with Gasteiger partial charge in [-0.05, 0) is 0 Å². The van der Waals surface area contributed by atoms with Gasteiger partial charge in [0, 0.05) is 39.6 Å². The molecule has 0 aromatic rings. The Hall–Kier alpha value is -0.750. The van der Waals surface area contributed by atoms with Crippen LogP contribution in [0, 0.1) is 0 Å². The van der Waals surface area contributed by atoms with E-state index in [9.17, 15) is 18.7 Å². The molecule has 0 atom stereocenters. The van der Waals surface area contributed by atoms with E-state index in [1.54, 1.807) is 0 Å². The van der Waals surface area contributed by atoms with E-state index in [0.717, 1.165) is 4.90 Å². The second kappa shape index (κ2) is 4.85. The number of nitrogens with zero attached hydrogens (tertiary/aromatic N) is 1. The average molecular weight is 223 g/mol. The minimum absolute atomic E-state index is 0.0699. The smallest absolute Gasteiger partial charge is 0.315 e. The van der Waals surface area contributed by atoms with Gasteiger partial charge in [0.1, 0.15) is 0 Å². The van der Waals surface area contributed by atoms with Crippen molar-refractivity contribution in [1.29, 1.82) is 0 Å². The molecule has 0 spiro atoms. The molecule has 4 nitrogen and oxygen atoms in total. The Morgan fingerprint density at radius 1 is 1.53 bits per heavy atom. The maximum absolute atomic E-state index is 12.1. The van der Waals surface area contributed by atoms with Gasteiger partial charge in [0.25, 0.3) is 5.91 Å². The normalized spacial score (nSPS) is 20.3. The van der Waals surface area contributed by atoms with Crippen LogP contribution in [0.15, 0.2) is 0 Å². The van der Waals surface area contributed by atoms with Crippen LogP contribution >= 0.6 is 0 Å². The van der Waals surface area contributed by atoms with Crippen molar-refractivity contribution in [2.75, 3.05) is 26.8 Å². The molecule has 15 heavy (non-hydrogen) atoms. The summed E-state index contributed by atoms with van der Waals surface area (Å²) in [5.41, 5.74) is -1.09. The highest BCUT2D eigenvalue weighted by molar-refractivity contribution is 5.79. The molecule has 1 aliphatic heterocycles. The maximum Gasteiger partial charge on any atom is 0.315 e. The Labute approximate surface area is 86.8 Å². The van der Waals surface area contributed by atoms with Gasteiger partial charge in [-0.15, -0.1) is 0 Å². The van der Waals surface area contributed by atoms with Crippen LogP contribution in [0.5, 0.6) is 0 Å². The SMILES string of the molecule is CN(CC1(O)CCOCC1)C(=O)C(F)F. The first kappa shape index (κ1) is 12.3. The Kier molecular flexibility index (Phi) is 3.98. The number of rotatable bonds is 3. The Morgan fingerprint density at radius 2 is 2.07 bits per heavy atom. The van der Waals surface area contributed by atoms with Gasteiger partial charge in [0.15, 0.2) is 0 Å². The highest BCUT2D eigenvalue weighted by atomic mass is 19.3. The molecule has 0 unspecified atom stereocenters. The lowest BCUT2D eigenvalue weighted by Gasteiger charge is -2.35. The lowest BCUT2D eigenvalue weighted by molar-refractivity contribution is -0.147. The second-order valence-corrected chi connectivity index (χ2v) is 3.83. The molecule has 1 N–H and O–H groups in total. The molecule has 6 heteroatoms. The summed E-state index contributed by atoms with van der Waals surface area (Å²) >= 11 is 0. The summed E-state index contributed by atoms with van der Waals surface area (Å²) < 4.78 is 29.2. The summed E-state index contributed by atoms with van der Waals surface area (Å²) in [6.07, 6.45) is -2.28. The van der Waals surface area contributed by atoms with Crippen molar-refractivity contribution in [3.05, 3.63) is 0 Å². The zero-order valence-corrected chi connectivity index (χ0v) is 8.58. The van der Waals surface area contributed by atoms with E-state index < -0.39 is 17.9 Å². The monoisotopic (exact) mass is 223 g/mol. The van der Waals surface area contributed by atoms with Gasteiger partial charge >= 0.3 is 6.43 Å². The molecule has 1 aliphatic rings. The first-order valence-corrected chi connectivity index (χ1v) is 4.78. The van der Waals surface area contributed by atoms with Crippen molar-refractivity contribution in [3.63, 3.8) is 0 Å². The fraction of sp³-hybridized carbons (Fsp3) is 0.889. The highest BCUT2D eigenvalue weighted by Gasteiger charge is 2.33. The molecule has 88 valence electrons. The Bertz CT molecular complexity index is 229. The van der Waals surface area contributed by atoms with Gasteiger partial charge in [-0.1, -0.05) is 0 Å². The molecule has 1 rings (SSSR count). The molecule has 0 aromatic carbocycles. The minimum Gasteiger partial charge on any atom is -0.388 e. The fourth-order valence-electron chi connectivity index (χ4n) is 1.60. The number of hydrogen-bond acceptors (Lipinski definition) is 3. The van der Waals surface area contributed by atoms with Crippen molar-refractivity contribution in [2.24, 2.45) is 0 Å². The largest absolute Gasteiger partial charge is 0.388 e. The summed E-state index contributed by atoms with van der Waals surface area (Å²) in [5.74, 6) is -1.25. The Morgan fingerprint density at radius 3 is 2.53 bits per heavy atom. The third-order valence-corrected chi connectivity index (χ3v) is 2.52. The molecule has 0 aliphatic carbocycles. The molecule has 1 heterocycles. The third kappa shape index (κ3) is 3.39. The van der Waals surface area contributed by atoms with E-state index in [1.807, 2.05) is 0 Å². The van der Waals surface area contributed by atoms with Gasteiger partial charge < -0.3 is 14.7 Å². The summed E-state index contributed by atoms with van der Waals surface area (Å²) in [4.78, 5) is 11.8. The van der Waals surface area contributed by atoms with E-state index in [-0.39, 0.29) is 6.54 Å². The van der Waals surface area contributed by atoms with Crippen molar-refractivity contribution in [3.8, 4) is 0 Å². The van der Waals surface area contributed by atoms with Crippen molar-refractivity contribution in [2.45, 2.75) is 24.9 Å². The van der Waals surface area contributed by atoms with Crippen LogP contribution < -0.4 is 0 Å². The molecule has 0 radical (unpaired) electrons. The van der Waals surface area contributed by atoms with Crippen molar-refractivity contribution >= 4 is 5.91 Å². The van der Waals surface area contributed by atoms with Gasteiger partial charge in [-0.3, -0.25) is 4.79 Å². The maximum atomic E-state index is 12.1. The molecule has 1 fully saturated rings. The number of hydrogen-bond donors (Lipinski definition) is 1. The quantitative estimate of drug-likeness (QED) is 0.746. The van der Waals surface area contributed by atoms with Crippen molar-refractivity contribution in [1.82, 2.24) is 4.90 Å². The highest BCUT2D eigenvalue weighted by Crippen LogP contribution is 2.21. The van der Waals surface area contributed by atoms with Crippen LogP contribution in [0.25, 0.3) is 0 Å². The molecule has 1 saturated heterocycles. The van der Waals surface area contributed by atoms with Gasteiger partial charge in [-0.25, -0.2) is 0 Å². The van der Waals surface area contributed by atoms with Gasteiger partial charge in [0.05, 0.1) is 5.60 Å². The van der Waals surface area contributed by atoms with Crippen LogP contribution in [0.3, 0.4) is 0 Å². The standard InChI is InChI=1S/C9H15F2NO3/c1-12(8(13)7(10)11)6-9(14)2-4-15-5-3-9/h7,14H,2-6H2,1H3. The number of alkyl halides is 2. The topological polar surface area (TPSA) is 49.8 Å². The van der Waals surface area contributed by atoms with E-state index in [4.69, 9.17) is 4.74 Å². The number of ether oxygens (including phenoxy) is 1. The lowest BCUT2D eigenvalue weighted by Crippen LogP contribution is -2.48. The summed E-state index contributed by atoms with van der Waals surface area (Å²) in [5, 5.41) is 9.95. The summed E-state index contributed by atoms with van der Waals surface area (Å²) in [7, 11) is 1.27. The van der Waals surface area contributed by atoms with Crippen LogP contribution in [0.1, 0.15) is 12.8 Å². The predicted molar refractivity (Wildman–Crippen MR) is 48.6 cm³/mol. The number of halogens is 2. The molecule has 1 amide bonds. The summed E-state index contributed by atoms with van der Waals surface area (Å²) in [6, 6.07) is 0. The minimum atomic E-state index is -3.02. The molecule has 0 bridgehead atoms. The average Bonchev–Trinajstić information content (AvgIpc) is 2.16. The van der Waals surface area contributed by atoms with Crippen LogP contribution in [-0.4, -0.2) is 54.7 Å². The van der Waals surface area contributed by atoms with Gasteiger partial charge in [-0.2, -0.15) is 8.78 Å². The van der Waals surface area contributed by atoms with Crippen LogP contribution in [0.4, 0.5) is 8.78 Å². The molecule has 0 saturated carbocycles. The number of carbonyl (C=O) groups is 1.